The number of fused-ring (bicyclic) bond motifs is 1. The van der Waals surface area contributed by atoms with E-state index in [-0.39, 0.29) is 28.3 Å². The van der Waals surface area contributed by atoms with E-state index in [1.165, 1.54) is 6.07 Å². The number of aromatic nitrogens is 3. The molecular weight excluding hydrogens is 587 g/mol. The summed E-state index contributed by atoms with van der Waals surface area (Å²) in [6, 6.07) is 5.35. The van der Waals surface area contributed by atoms with Gasteiger partial charge in [0.1, 0.15) is 5.69 Å². The van der Waals surface area contributed by atoms with Gasteiger partial charge in [0, 0.05) is 16.4 Å². The normalized spacial score (nSPS) is 15.7. The zero-order valence-electron chi connectivity index (χ0n) is 22.9. The maximum Gasteiger partial charge on any atom is 0.433 e. The molecule has 4 rings (SSSR count). The Balaban J connectivity index is 1.52. The first kappa shape index (κ1) is 29.5. The Bertz CT molecular complexity index is 1530. The van der Waals surface area contributed by atoms with Crippen molar-refractivity contribution in [2.75, 3.05) is 11.9 Å². The highest BCUT2D eigenvalue weighted by Crippen LogP contribution is 2.33. The number of nitrogens with one attached hydrogen (secondary N) is 2. The number of amides is 2. The number of carbonyl (C=O) groups excluding carboxylic acids is 2. The van der Waals surface area contributed by atoms with E-state index in [2.05, 4.69) is 57.4 Å². The molecule has 2 heterocycles. The molecule has 1 aliphatic rings. The van der Waals surface area contributed by atoms with Crippen LogP contribution in [0.1, 0.15) is 54.6 Å². The first-order valence-electron chi connectivity index (χ1n) is 12.8. The van der Waals surface area contributed by atoms with Gasteiger partial charge in [-0.1, -0.05) is 54.9 Å². The van der Waals surface area contributed by atoms with Crippen molar-refractivity contribution >= 4 is 44.3 Å². The molecule has 0 radical (unpaired) electrons. The lowest BCUT2D eigenvalue weighted by atomic mass is 9.94. The summed E-state index contributed by atoms with van der Waals surface area (Å²) in [4.78, 5) is 29.5. The standard InChI is InChI=1S/C29H31BrF3N5O2/c1-16-25(36-27(40)22-13-24(29(31,32)33)35-23-11-10-20(30)12-21(22)23)17(2)38(37-16)14-18-6-8-19(9-7-18)26(39)34-15-28(3,4)5/h6-8,10-13,19H,9,14-15H2,1-5H3,(H,34,39)(H,36,40). The van der Waals surface area contributed by atoms with Crippen molar-refractivity contribution in [2.24, 2.45) is 11.3 Å². The monoisotopic (exact) mass is 617 g/mol. The average molecular weight is 618 g/mol. The summed E-state index contributed by atoms with van der Waals surface area (Å²) in [7, 11) is 0. The van der Waals surface area contributed by atoms with Crippen molar-refractivity contribution in [3.8, 4) is 0 Å². The fourth-order valence-electron chi connectivity index (χ4n) is 4.38. The van der Waals surface area contributed by atoms with E-state index in [1.54, 1.807) is 30.7 Å². The largest absolute Gasteiger partial charge is 0.433 e. The fourth-order valence-corrected chi connectivity index (χ4v) is 4.74. The lowest BCUT2D eigenvalue weighted by molar-refractivity contribution is -0.141. The van der Waals surface area contributed by atoms with Gasteiger partial charge in [0.2, 0.25) is 5.91 Å². The molecule has 0 aliphatic heterocycles. The Kier molecular flexibility index (Phi) is 8.26. The first-order chi connectivity index (χ1) is 18.6. The Labute approximate surface area is 239 Å². The second kappa shape index (κ2) is 11.2. The molecule has 11 heteroatoms. The molecule has 212 valence electrons. The lowest BCUT2D eigenvalue weighted by Crippen LogP contribution is -2.36. The highest BCUT2D eigenvalue weighted by atomic mass is 79.9. The maximum absolute atomic E-state index is 13.5. The van der Waals surface area contributed by atoms with Crippen LogP contribution in [0.4, 0.5) is 18.9 Å². The van der Waals surface area contributed by atoms with Crippen LogP contribution >= 0.6 is 15.9 Å². The van der Waals surface area contributed by atoms with Crippen LogP contribution in [0.15, 0.2) is 52.5 Å². The number of alkyl halides is 3. The van der Waals surface area contributed by atoms with E-state index < -0.39 is 17.8 Å². The summed E-state index contributed by atoms with van der Waals surface area (Å²) >= 11 is 3.31. The molecule has 0 saturated carbocycles. The van der Waals surface area contributed by atoms with E-state index in [0.29, 0.717) is 46.4 Å². The number of allylic oxidation sites excluding steroid dienone is 3. The third-order valence-electron chi connectivity index (χ3n) is 6.56. The predicted octanol–water partition coefficient (Wildman–Crippen LogP) is 6.75. The van der Waals surface area contributed by atoms with Crippen molar-refractivity contribution in [3.63, 3.8) is 0 Å². The van der Waals surface area contributed by atoms with Crippen molar-refractivity contribution in [2.45, 2.75) is 53.8 Å². The third kappa shape index (κ3) is 6.80. The highest BCUT2D eigenvalue weighted by molar-refractivity contribution is 9.10. The number of rotatable bonds is 6. The molecule has 0 bridgehead atoms. The minimum atomic E-state index is -4.71. The van der Waals surface area contributed by atoms with Crippen molar-refractivity contribution < 1.29 is 22.8 Å². The summed E-state index contributed by atoms with van der Waals surface area (Å²) in [6.07, 6.45) is 1.64. The van der Waals surface area contributed by atoms with Crippen molar-refractivity contribution in [1.29, 1.82) is 0 Å². The summed E-state index contributed by atoms with van der Waals surface area (Å²) in [5, 5.41) is 10.6. The number of benzene rings is 1. The van der Waals surface area contributed by atoms with E-state index >= 15 is 0 Å². The quantitative estimate of drug-likeness (QED) is 0.320. The van der Waals surface area contributed by atoms with Crippen LogP contribution in [0.5, 0.6) is 0 Å². The molecule has 1 unspecified atom stereocenters. The molecule has 3 aromatic rings. The van der Waals surface area contributed by atoms with E-state index in [4.69, 9.17) is 0 Å². The number of pyridine rings is 1. The van der Waals surface area contributed by atoms with Gasteiger partial charge in [0.05, 0.1) is 40.6 Å². The molecule has 40 heavy (non-hydrogen) atoms. The molecule has 1 aromatic carbocycles. The molecule has 2 aromatic heterocycles. The summed E-state index contributed by atoms with van der Waals surface area (Å²) in [6.45, 7) is 10.7. The van der Waals surface area contributed by atoms with Gasteiger partial charge in [-0.15, -0.1) is 0 Å². The molecule has 0 saturated heterocycles. The van der Waals surface area contributed by atoms with Gasteiger partial charge in [0.25, 0.3) is 5.91 Å². The van der Waals surface area contributed by atoms with E-state index in [9.17, 15) is 22.8 Å². The lowest BCUT2D eigenvalue weighted by Gasteiger charge is -2.22. The molecule has 0 spiro atoms. The molecule has 1 atom stereocenters. The zero-order chi connectivity index (χ0) is 29.4. The number of hydrogen-bond acceptors (Lipinski definition) is 4. The highest BCUT2D eigenvalue weighted by Gasteiger charge is 2.34. The molecule has 0 fully saturated rings. The van der Waals surface area contributed by atoms with Gasteiger partial charge in [-0.2, -0.15) is 18.3 Å². The number of hydrogen-bond donors (Lipinski definition) is 2. The minimum Gasteiger partial charge on any atom is -0.355 e. The van der Waals surface area contributed by atoms with Gasteiger partial charge in [0.15, 0.2) is 0 Å². The molecule has 2 N–H and O–H groups in total. The number of anilines is 1. The van der Waals surface area contributed by atoms with Crippen molar-refractivity contribution in [1.82, 2.24) is 20.1 Å². The minimum absolute atomic E-state index is 0.000385. The third-order valence-corrected chi connectivity index (χ3v) is 7.06. The van der Waals surface area contributed by atoms with Crippen LogP contribution in [0.3, 0.4) is 0 Å². The second-order valence-corrected chi connectivity index (χ2v) is 12.0. The van der Waals surface area contributed by atoms with Gasteiger partial charge >= 0.3 is 6.18 Å². The van der Waals surface area contributed by atoms with Crippen LogP contribution in [0.25, 0.3) is 10.9 Å². The first-order valence-corrected chi connectivity index (χ1v) is 13.6. The molecule has 7 nitrogen and oxygen atoms in total. The Morgan fingerprint density at radius 2 is 1.88 bits per heavy atom. The molecule has 1 aliphatic carbocycles. The summed E-state index contributed by atoms with van der Waals surface area (Å²) in [5.74, 6) is -0.942. The SMILES string of the molecule is Cc1nn(CC2=CCC(C(=O)NCC(C)(C)C)C=C2)c(C)c1NC(=O)c1cc(C(F)(F)F)nc2ccc(Br)cc12. The van der Waals surface area contributed by atoms with Crippen LogP contribution in [0, 0.1) is 25.2 Å². The number of carbonyl (C=O) groups is 2. The van der Waals surface area contributed by atoms with E-state index in [0.717, 1.165) is 11.6 Å². The van der Waals surface area contributed by atoms with Gasteiger partial charge in [-0.05, 0) is 55.5 Å². The number of halogens is 4. The van der Waals surface area contributed by atoms with Gasteiger partial charge < -0.3 is 10.6 Å². The van der Waals surface area contributed by atoms with Gasteiger partial charge in [-0.25, -0.2) is 4.98 Å². The summed E-state index contributed by atoms with van der Waals surface area (Å²) in [5.41, 5.74) is 1.36. The number of aryl methyl sites for hydroxylation is 1. The maximum atomic E-state index is 13.5. The van der Waals surface area contributed by atoms with Gasteiger partial charge in [-0.3, -0.25) is 14.3 Å². The smallest absolute Gasteiger partial charge is 0.355 e. The van der Waals surface area contributed by atoms with Crippen LogP contribution in [0.2, 0.25) is 0 Å². The van der Waals surface area contributed by atoms with Crippen molar-refractivity contribution in [3.05, 3.63) is 75.2 Å². The Hall–Kier alpha value is -3.47. The Morgan fingerprint density at radius 1 is 1.15 bits per heavy atom. The molecular formula is C29H31BrF3N5O2. The zero-order valence-corrected chi connectivity index (χ0v) is 24.5. The fraction of sp³-hybridized carbons (Fsp3) is 0.379. The summed E-state index contributed by atoms with van der Waals surface area (Å²) < 4.78 is 42.9. The van der Waals surface area contributed by atoms with Crippen LogP contribution in [-0.2, 0) is 17.5 Å². The predicted molar refractivity (Wildman–Crippen MR) is 152 cm³/mol. The number of nitrogens with zero attached hydrogens (tertiary/aromatic N) is 3. The topological polar surface area (TPSA) is 88.9 Å². The Morgan fingerprint density at radius 3 is 2.50 bits per heavy atom. The van der Waals surface area contributed by atoms with Crippen LogP contribution in [-0.4, -0.2) is 33.1 Å². The second-order valence-electron chi connectivity index (χ2n) is 11.1. The average Bonchev–Trinajstić information content (AvgIpc) is 3.13. The van der Waals surface area contributed by atoms with E-state index in [1.807, 2.05) is 18.2 Å². The molecule has 2 amide bonds. The van der Waals surface area contributed by atoms with Crippen LogP contribution < -0.4 is 10.6 Å².